The molecule has 3 aromatic rings. The van der Waals surface area contributed by atoms with Gasteiger partial charge in [-0.05, 0) is 47.1 Å². The van der Waals surface area contributed by atoms with E-state index in [-0.39, 0.29) is 5.91 Å². The zero-order chi connectivity index (χ0) is 15.5. The molecule has 0 aliphatic heterocycles. The summed E-state index contributed by atoms with van der Waals surface area (Å²) < 4.78 is 2.92. The van der Waals surface area contributed by atoms with Crippen molar-refractivity contribution in [1.29, 1.82) is 0 Å². The fourth-order valence-corrected chi connectivity index (χ4v) is 2.96. The van der Waals surface area contributed by atoms with Gasteiger partial charge in [-0.1, -0.05) is 24.3 Å². The van der Waals surface area contributed by atoms with Gasteiger partial charge in [-0.25, -0.2) is 4.98 Å². The molecule has 0 fully saturated rings. The molecule has 0 saturated heterocycles. The number of rotatable bonds is 4. The number of carbonyl (C=O) groups excluding carboxylic acids is 1. The number of imidazole rings is 1. The lowest BCUT2D eigenvalue weighted by molar-refractivity contribution is 0.0951. The SMILES string of the molecule is Cc1nc2ccccc2n1CCNC(=O)c1ccccc1Br. The van der Waals surface area contributed by atoms with E-state index < -0.39 is 0 Å². The Bertz CT molecular complexity index is 826. The molecular formula is C17H16BrN3O. The van der Waals surface area contributed by atoms with Gasteiger partial charge in [0.25, 0.3) is 5.91 Å². The van der Waals surface area contributed by atoms with Gasteiger partial charge in [0.15, 0.2) is 0 Å². The van der Waals surface area contributed by atoms with Crippen LogP contribution in [0, 0.1) is 6.92 Å². The molecule has 0 atom stereocenters. The van der Waals surface area contributed by atoms with Crippen LogP contribution in [0.4, 0.5) is 0 Å². The highest BCUT2D eigenvalue weighted by Crippen LogP contribution is 2.16. The van der Waals surface area contributed by atoms with Gasteiger partial charge < -0.3 is 9.88 Å². The highest BCUT2D eigenvalue weighted by Gasteiger charge is 2.10. The number of amides is 1. The summed E-state index contributed by atoms with van der Waals surface area (Å²) in [5.74, 6) is 0.880. The average Bonchev–Trinajstić information content (AvgIpc) is 2.83. The molecule has 22 heavy (non-hydrogen) atoms. The van der Waals surface area contributed by atoms with Crippen LogP contribution in [0.25, 0.3) is 11.0 Å². The summed E-state index contributed by atoms with van der Waals surface area (Å²) >= 11 is 3.40. The van der Waals surface area contributed by atoms with Crippen LogP contribution in [0.3, 0.4) is 0 Å². The summed E-state index contributed by atoms with van der Waals surface area (Å²) in [4.78, 5) is 16.7. The van der Waals surface area contributed by atoms with Crippen molar-refractivity contribution in [3.8, 4) is 0 Å². The monoisotopic (exact) mass is 357 g/mol. The lowest BCUT2D eigenvalue weighted by Gasteiger charge is -2.09. The predicted molar refractivity (Wildman–Crippen MR) is 90.9 cm³/mol. The van der Waals surface area contributed by atoms with Crippen LogP contribution in [0.1, 0.15) is 16.2 Å². The van der Waals surface area contributed by atoms with E-state index >= 15 is 0 Å². The minimum Gasteiger partial charge on any atom is -0.350 e. The van der Waals surface area contributed by atoms with Crippen molar-refractivity contribution < 1.29 is 4.79 Å². The fourth-order valence-electron chi connectivity index (χ4n) is 2.50. The Labute approximate surface area is 137 Å². The number of benzene rings is 2. The Hall–Kier alpha value is -2.14. The first-order valence-corrected chi connectivity index (χ1v) is 7.91. The number of halogens is 1. The molecular weight excluding hydrogens is 342 g/mol. The molecule has 1 aromatic heterocycles. The Morgan fingerprint density at radius 3 is 2.73 bits per heavy atom. The zero-order valence-electron chi connectivity index (χ0n) is 12.2. The van der Waals surface area contributed by atoms with Gasteiger partial charge in [0.05, 0.1) is 16.6 Å². The van der Waals surface area contributed by atoms with Gasteiger partial charge in [-0.15, -0.1) is 0 Å². The number of aromatic nitrogens is 2. The number of hydrogen-bond donors (Lipinski definition) is 1. The third-order valence-corrected chi connectivity index (χ3v) is 4.28. The average molecular weight is 358 g/mol. The van der Waals surface area contributed by atoms with E-state index in [9.17, 15) is 4.79 Å². The second-order valence-corrected chi connectivity index (χ2v) is 5.89. The Kier molecular flexibility index (Phi) is 4.24. The van der Waals surface area contributed by atoms with Gasteiger partial charge >= 0.3 is 0 Å². The number of nitrogens with zero attached hydrogens (tertiary/aromatic N) is 2. The second kappa shape index (κ2) is 6.32. The number of aryl methyl sites for hydroxylation is 1. The van der Waals surface area contributed by atoms with Crippen LogP contribution < -0.4 is 5.32 Å². The summed E-state index contributed by atoms with van der Waals surface area (Å²) in [5, 5.41) is 2.95. The van der Waals surface area contributed by atoms with E-state index in [0.29, 0.717) is 18.7 Å². The van der Waals surface area contributed by atoms with Crippen molar-refractivity contribution in [3.05, 3.63) is 64.4 Å². The van der Waals surface area contributed by atoms with Gasteiger partial charge in [0.2, 0.25) is 0 Å². The molecule has 0 radical (unpaired) electrons. The zero-order valence-corrected chi connectivity index (χ0v) is 13.8. The third-order valence-electron chi connectivity index (χ3n) is 3.58. The van der Waals surface area contributed by atoms with E-state index in [4.69, 9.17) is 0 Å². The van der Waals surface area contributed by atoms with Gasteiger partial charge in [-0.2, -0.15) is 0 Å². The molecule has 1 amide bonds. The molecule has 0 bridgehead atoms. The molecule has 0 saturated carbocycles. The lowest BCUT2D eigenvalue weighted by atomic mass is 10.2. The first-order chi connectivity index (χ1) is 10.7. The van der Waals surface area contributed by atoms with Crippen molar-refractivity contribution in [1.82, 2.24) is 14.9 Å². The second-order valence-electron chi connectivity index (χ2n) is 5.04. The topological polar surface area (TPSA) is 46.9 Å². The fraction of sp³-hybridized carbons (Fsp3) is 0.176. The van der Waals surface area contributed by atoms with Crippen molar-refractivity contribution in [2.24, 2.45) is 0 Å². The van der Waals surface area contributed by atoms with Gasteiger partial charge in [0, 0.05) is 17.6 Å². The third kappa shape index (κ3) is 2.90. The summed E-state index contributed by atoms with van der Waals surface area (Å²) in [6.07, 6.45) is 0. The quantitative estimate of drug-likeness (QED) is 0.776. The largest absolute Gasteiger partial charge is 0.350 e. The number of hydrogen-bond acceptors (Lipinski definition) is 2. The number of nitrogens with one attached hydrogen (secondary N) is 1. The summed E-state index contributed by atoms with van der Waals surface area (Å²) in [6.45, 7) is 3.24. The standard InChI is InChI=1S/C17H16BrN3O/c1-12-20-15-8-4-5-9-16(15)21(12)11-10-19-17(22)13-6-2-3-7-14(13)18/h2-9H,10-11H2,1H3,(H,19,22). The normalized spacial score (nSPS) is 10.8. The minimum absolute atomic E-state index is 0.0745. The Morgan fingerprint density at radius 1 is 1.18 bits per heavy atom. The van der Waals surface area contributed by atoms with Gasteiger partial charge in [-0.3, -0.25) is 4.79 Å². The van der Waals surface area contributed by atoms with Gasteiger partial charge in [0.1, 0.15) is 5.82 Å². The van der Waals surface area contributed by atoms with Crippen molar-refractivity contribution in [3.63, 3.8) is 0 Å². The van der Waals surface area contributed by atoms with E-state index in [1.165, 1.54) is 0 Å². The molecule has 0 spiro atoms. The molecule has 0 aliphatic carbocycles. The first-order valence-electron chi connectivity index (χ1n) is 7.11. The number of fused-ring (bicyclic) bond motifs is 1. The maximum atomic E-state index is 12.2. The number of carbonyl (C=O) groups is 1. The van der Waals surface area contributed by atoms with Crippen molar-refractivity contribution in [2.75, 3.05) is 6.54 Å². The molecule has 3 rings (SSSR count). The van der Waals surface area contributed by atoms with Crippen LogP contribution in [-0.4, -0.2) is 22.0 Å². The van der Waals surface area contributed by atoms with Crippen LogP contribution >= 0.6 is 15.9 Å². The summed E-state index contributed by atoms with van der Waals surface area (Å²) in [7, 11) is 0. The molecule has 2 aromatic carbocycles. The molecule has 1 N–H and O–H groups in total. The highest BCUT2D eigenvalue weighted by molar-refractivity contribution is 9.10. The Morgan fingerprint density at radius 2 is 1.91 bits per heavy atom. The van der Waals surface area contributed by atoms with E-state index in [1.54, 1.807) is 6.07 Å². The minimum atomic E-state index is -0.0745. The summed E-state index contributed by atoms with van der Waals surface area (Å²) in [5.41, 5.74) is 2.72. The maximum absolute atomic E-state index is 12.2. The molecule has 112 valence electrons. The van der Waals surface area contributed by atoms with E-state index in [2.05, 4.69) is 30.8 Å². The van der Waals surface area contributed by atoms with E-state index in [0.717, 1.165) is 21.3 Å². The molecule has 1 heterocycles. The maximum Gasteiger partial charge on any atom is 0.252 e. The van der Waals surface area contributed by atoms with Crippen LogP contribution in [-0.2, 0) is 6.54 Å². The smallest absolute Gasteiger partial charge is 0.252 e. The predicted octanol–water partition coefficient (Wildman–Crippen LogP) is 3.54. The molecule has 0 unspecified atom stereocenters. The summed E-state index contributed by atoms with van der Waals surface area (Å²) in [6, 6.07) is 15.4. The van der Waals surface area contributed by atoms with E-state index in [1.807, 2.05) is 49.4 Å². The van der Waals surface area contributed by atoms with Crippen LogP contribution in [0.15, 0.2) is 53.0 Å². The Balaban J connectivity index is 1.69. The van der Waals surface area contributed by atoms with Crippen molar-refractivity contribution in [2.45, 2.75) is 13.5 Å². The lowest BCUT2D eigenvalue weighted by Crippen LogP contribution is -2.27. The molecule has 4 nitrogen and oxygen atoms in total. The van der Waals surface area contributed by atoms with Crippen LogP contribution in [0.5, 0.6) is 0 Å². The molecule has 0 aliphatic rings. The number of para-hydroxylation sites is 2. The first kappa shape index (κ1) is 14.8. The van der Waals surface area contributed by atoms with Crippen LogP contribution in [0.2, 0.25) is 0 Å². The highest BCUT2D eigenvalue weighted by atomic mass is 79.9. The van der Waals surface area contributed by atoms with Crippen molar-refractivity contribution >= 4 is 32.9 Å². The molecule has 5 heteroatoms.